The first-order chi connectivity index (χ1) is 9.15. The van der Waals surface area contributed by atoms with Crippen molar-refractivity contribution in [3.8, 4) is 0 Å². The Bertz CT molecular complexity index is 479. The summed E-state index contributed by atoms with van der Waals surface area (Å²) in [5.41, 5.74) is 1.08. The van der Waals surface area contributed by atoms with E-state index in [0.717, 1.165) is 30.8 Å². The largest absolute Gasteiger partial charge is 0.392 e. The maximum Gasteiger partial charge on any atom is 0.231 e. The van der Waals surface area contributed by atoms with Gasteiger partial charge in [-0.2, -0.15) is 5.10 Å². The van der Waals surface area contributed by atoms with Crippen molar-refractivity contribution in [2.75, 3.05) is 5.32 Å². The Kier molecular flexibility index (Phi) is 3.31. The lowest BCUT2D eigenvalue weighted by atomic mass is 9.83. The molecule has 5 nitrogen and oxygen atoms in total. The van der Waals surface area contributed by atoms with Crippen molar-refractivity contribution >= 4 is 11.7 Å². The number of carbonyl (C=O) groups is 1. The number of amides is 1. The molecule has 5 heteroatoms. The Morgan fingerprint density at radius 2 is 2.11 bits per heavy atom. The second kappa shape index (κ2) is 4.96. The number of hydrogen-bond donors (Lipinski definition) is 2. The van der Waals surface area contributed by atoms with E-state index in [2.05, 4.69) is 10.4 Å². The van der Waals surface area contributed by atoms with Gasteiger partial charge in [-0.1, -0.05) is 6.42 Å². The van der Waals surface area contributed by atoms with Crippen LogP contribution >= 0.6 is 0 Å². The number of aliphatic hydroxyl groups is 1. The van der Waals surface area contributed by atoms with Crippen molar-refractivity contribution in [3.05, 3.63) is 11.8 Å². The summed E-state index contributed by atoms with van der Waals surface area (Å²) in [4.78, 5) is 12.1. The molecule has 2 N–H and O–H groups in total. The molecule has 104 valence electrons. The third-order valence-corrected chi connectivity index (χ3v) is 4.49. The van der Waals surface area contributed by atoms with Crippen molar-refractivity contribution < 1.29 is 9.90 Å². The number of aliphatic hydroxyl groups excluding tert-OH is 1. The van der Waals surface area contributed by atoms with Gasteiger partial charge in [-0.15, -0.1) is 0 Å². The number of nitrogens with zero attached hydrogens (tertiary/aromatic N) is 2. The zero-order valence-electron chi connectivity index (χ0n) is 11.3. The maximum absolute atomic E-state index is 12.1. The number of rotatable bonds is 3. The van der Waals surface area contributed by atoms with E-state index in [0.29, 0.717) is 5.92 Å². The van der Waals surface area contributed by atoms with Gasteiger partial charge in [-0.05, 0) is 32.1 Å². The van der Waals surface area contributed by atoms with E-state index in [1.165, 1.54) is 19.3 Å². The molecule has 0 aromatic carbocycles. The van der Waals surface area contributed by atoms with Crippen LogP contribution in [0.1, 0.15) is 50.1 Å². The minimum Gasteiger partial charge on any atom is -0.392 e. The highest BCUT2D eigenvalue weighted by molar-refractivity contribution is 5.92. The number of aromatic nitrogens is 2. The molecule has 2 atom stereocenters. The van der Waals surface area contributed by atoms with Gasteiger partial charge >= 0.3 is 0 Å². The van der Waals surface area contributed by atoms with Crippen LogP contribution in [0.15, 0.2) is 6.07 Å². The molecule has 1 amide bonds. The Morgan fingerprint density at radius 1 is 1.37 bits per heavy atom. The van der Waals surface area contributed by atoms with Gasteiger partial charge in [0.2, 0.25) is 5.91 Å². The molecule has 0 aliphatic heterocycles. The normalized spacial score (nSPS) is 27.3. The van der Waals surface area contributed by atoms with Crippen molar-refractivity contribution in [3.63, 3.8) is 0 Å². The van der Waals surface area contributed by atoms with Crippen LogP contribution in [-0.4, -0.2) is 26.9 Å². The summed E-state index contributed by atoms with van der Waals surface area (Å²) in [5, 5.41) is 17.1. The van der Waals surface area contributed by atoms with E-state index in [9.17, 15) is 9.90 Å². The SMILES string of the molecule is Cn1nc(C2CCC2)cc1NC(=O)C1CCCC1O. The predicted octanol–water partition coefficient (Wildman–Crippen LogP) is 1.79. The predicted molar refractivity (Wildman–Crippen MR) is 71.8 cm³/mol. The Hall–Kier alpha value is -1.36. The first-order valence-electron chi connectivity index (χ1n) is 7.18. The van der Waals surface area contributed by atoms with E-state index < -0.39 is 6.10 Å². The van der Waals surface area contributed by atoms with E-state index >= 15 is 0 Å². The number of hydrogen-bond acceptors (Lipinski definition) is 3. The quantitative estimate of drug-likeness (QED) is 0.873. The summed E-state index contributed by atoms with van der Waals surface area (Å²) >= 11 is 0. The van der Waals surface area contributed by atoms with Crippen LogP contribution in [0.3, 0.4) is 0 Å². The maximum atomic E-state index is 12.1. The first kappa shape index (κ1) is 12.7. The van der Waals surface area contributed by atoms with Crippen LogP contribution in [0.5, 0.6) is 0 Å². The Labute approximate surface area is 113 Å². The number of nitrogens with one attached hydrogen (secondary N) is 1. The van der Waals surface area contributed by atoms with Gasteiger partial charge in [0.15, 0.2) is 0 Å². The molecule has 3 rings (SSSR count). The lowest BCUT2D eigenvalue weighted by Crippen LogP contribution is -2.29. The number of anilines is 1. The zero-order chi connectivity index (χ0) is 13.4. The molecule has 1 aromatic heterocycles. The van der Waals surface area contributed by atoms with Crippen LogP contribution in [0, 0.1) is 5.92 Å². The summed E-state index contributed by atoms with van der Waals surface area (Å²) in [6.07, 6.45) is 5.63. The van der Waals surface area contributed by atoms with Gasteiger partial charge in [-0.3, -0.25) is 9.48 Å². The standard InChI is InChI=1S/C14H21N3O2/c1-17-13(8-11(16-17)9-4-2-5-9)15-14(19)10-6-3-7-12(10)18/h8-10,12,18H,2-7H2,1H3,(H,15,19). The number of aryl methyl sites for hydroxylation is 1. The van der Waals surface area contributed by atoms with Crippen LogP contribution in [0.25, 0.3) is 0 Å². The van der Waals surface area contributed by atoms with Crippen molar-refractivity contribution in [2.24, 2.45) is 13.0 Å². The van der Waals surface area contributed by atoms with E-state index in [4.69, 9.17) is 0 Å². The van der Waals surface area contributed by atoms with Crippen LogP contribution in [0.2, 0.25) is 0 Å². The van der Waals surface area contributed by atoms with E-state index in [1.54, 1.807) is 4.68 Å². The lowest BCUT2D eigenvalue weighted by Gasteiger charge is -2.22. The topological polar surface area (TPSA) is 67.2 Å². The first-order valence-corrected chi connectivity index (χ1v) is 7.18. The highest BCUT2D eigenvalue weighted by atomic mass is 16.3. The fourth-order valence-corrected chi connectivity index (χ4v) is 2.98. The lowest BCUT2D eigenvalue weighted by molar-refractivity contribution is -0.122. The Morgan fingerprint density at radius 3 is 2.68 bits per heavy atom. The van der Waals surface area contributed by atoms with Crippen molar-refractivity contribution in [2.45, 2.75) is 50.5 Å². The highest BCUT2D eigenvalue weighted by Crippen LogP contribution is 2.36. The van der Waals surface area contributed by atoms with Gasteiger partial charge in [-0.25, -0.2) is 0 Å². The highest BCUT2D eigenvalue weighted by Gasteiger charge is 2.32. The molecule has 0 spiro atoms. The Balaban J connectivity index is 1.68. The summed E-state index contributed by atoms with van der Waals surface area (Å²) < 4.78 is 1.73. The fraction of sp³-hybridized carbons (Fsp3) is 0.714. The van der Waals surface area contributed by atoms with Crippen molar-refractivity contribution in [1.29, 1.82) is 0 Å². The average molecular weight is 263 g/mol. The van der Waals surface area contributed by atoms with Crippen LogP contribution < -0.4 is 5.32 Å². The molecule has 0 radical (unpaired) electrons. The van der Waals surface area contributed by atoms with Crippen molar-refractivity contribution in [1.82, 2.24) is 9.78 Å². The molecule has 1 aromatic rings. The fourth-order valence-electron chi connectivity index (χ4n) is 2.98. The smallest absolute Gasteiger partial charge is 0.231 e. The van der Waals surface area contributed by atoms with Gasteiger partial charge in [0.25, 0.3) is 0 Å². The molecular weight excluding hydrogens is 242 g/mol. The summed E-state index contributed by atoms with van der Waals surface area (Å²) in [5.74, 6) is 0.968. The molecule has 0 saturated heterocycles. The molecule has 2 saturated carbocycles. The van der Waals surface area contributed by atoms with Crippen LogP contribution in [0.4, 0.5) is 5.82 Å². The number of carbonyl (C=O) groups excluding carboxylic acids is 1. The molecule has 2 unspecified atom stereocenters. The molecule has 2 aliphatic carbocycles. The summed E-state index contributed by atoms with van der Waals surface area (Å²) in [6.45, 7) is 0. The molecule has 19 heavy (non-hydrogen) atoms. The summed E-state index contributed by atoms with van der Waals surface area (Å²) in [7, 11) is 1.85. The minimum absolute atomic E-state index is 0.0758. The second-order valence-corrected chi connectivity index (χ2v) is 5.80. The molecule has 1 heterocycles. The summed E-state index contributed by atoms with van der Waals surface area (Å²) in [6, 6.07) is 1.98. The van der Waals surface area contributed by atoms with Crippen LogP contribution in [-0.2, 0) is 11.8 Å². The zero-order valence-corrected chi connectivity index (χ0v) is 11.3. The van der Waals surface area contributed by atoms with Gasteiger partial charge < -0.3 is 10.4 Å². The molecular formula is C14H21N3O2. The second-order valence-electron chi connectivity index (χ2n) is 5.80. The minimum atomic E-state index is -0.487. The van der Waals surface area contributed by atoms with Gasteiger partial charge in [0.1, 0.15) is 5.82 Å². The third kappa shape index (κ3) is 2.39. The molecule has 2 aliphatic rings. The van der Waals surface area contributed by atoms with Gasteiger partial charge in [0.05, 0.1) is 17.7 Å². The molecule has 2 fully saturated rings. The van der Waals surface area contributed by atoms with E-state index in [1.807, 2.05) is 13.1 Å². The monoisotopic (exact) mass is 263 g/mol. The molecule has 0 bridgehead atoms. The third-order valence-electron chi connectivity index (χ3n) is 4.49. The van der Waals surface area contributed by atoms with Gasteiger partial charge in [0, 0.05) is 19.0 Å². The average Bonchev–Trinajstić information content (AvgIpc) is 2.84. The van der Waals surface area contributed by atoms with E-state index in [-0.39, 0.29) is 11.8 Å².